The number of hydrogen-bond donors (Lipinski definition) is 0. The fourth-order valence-corrected chi connectivity index (χ4v) is 6.86. The van der Waals surface area contributed by atoms with Crippen LogP contribution in [0.3, 0.4) is 0 Å². The molecule has 0 heterocycles. The first-order valence-electron chi connectivity index (χ1n) is 9.22. The predicted octanol–water partition coefficient (Wildman–Crippen LogP) is 4.97. The molecule has 0 aromatic heterocycles. The van der Waals surface area contributed by atoms with Gasteiger partial charge in [0.05, 0.1) is 10.8 Å². The molecule has 3 heteroatoms. The van der Waals surface area contributed by atoms with Crippen LogP contribution in [0.5, 0.6) is 0 Å². The molecule has 1 nitrogen and oxygen atoms in total. The van der Waals surface area contributed by atoms with E-state index in [1.807, 2.05) is 32.9 Å². The Labute approximate surface area is 167 Å². The molecule has 3 aromatic rings. The van der Waals surface area contributed by atoms with Crippen LogP contribution in [-0.2, 0) is 10.8 Å². The van der Waals surface area contributed by atoms with Gasteiger partial charge in [-0.05, 0) is 59.2 Å². The van der Waals surface area contributed by atoms with Crippen molar-refractivity contribution in [2.45, 2.75) is 44.3 Å². The minimum Gasteiger partial charge on any atom is -0.254 e. The van der Waals surface area contributed by atoms with Crippen LogP contribution in [0.4, 0.5) is 0 Å². The Hall–Kier alpha value is -1.76. The van der Waals surface area contributed by atoms with Crippen molar-refractivity contribution in [2.75, 3.05) is 0 Å². The van der Waals surface area contributed by atoms with Crippen molar-refractivity contribution >= 4 is 34.6 Å². The highest BCUT2D eigenvalue weighted by molar-refractivity contribution is 7.88. The van der Waals surface area contributed by atoms with E-state index in [2.05, 4.69) is 74.5 Å². The minimum atomic E-state index is -1.07. The third kappa shape index (κ3) is 4.57. The van der Waals surface area contributed by atoms with E-state index >= 15 is 0 Å². The van der Waals surface area contributed by atoms with Gasteiger partial charge in [-0.3, -0.25) is 4.21 Å². The lowest BCUT2D eigenvalue weighted by Crippen LogP contribution is -2.29. The van der Waals surface area contributed by atoms with Gasteiger partial charge in [0.1, 0.15) is 0 Å². The first kappa shape index (κ1) is 20.0. The maximum absolute atomic E-state index is 13.3. The number of hydrogen-bond acceptors (Lipinski definition) is 1. The quantitative estimate of drug-likeness (QED) is 0.571. The SMILES string of the molecule is Cc1ccc(P(c2ccc(C)cc2)c2ccccc2S(=O)C(C)(C)C)cc1. The van der Waals surface area contributed by atoms with Crippen molar-refractivity contribution in [2.24, 2.45) is 0 Å². The summed E-state index contributed by atoms with van der Waals surface area (Å²) in [5.74, 6) is 0. The Morgan fingerprint density at radius 2 is 1.15 bits per heavy atom. The van der Waals surface area contributed by atoms with Crippen LogP contribution in [0, 0.1) is 13.8 Å². The van der Waals surface area contributed by atoms with E-state index in [1.165, 1.54) is 27.0 Å². The van der Waals surface area contributed by atoms with Crippen LogP contribution < -0.4 is 15.9 Å². The summed E-state index contributed by atoms with van der Waals surface area (Å²) in [4.78, 5) is 0.956. The molecule has 1 unspecified atom stereocenters. The summed E-state index contributed by atoms with van der Waals surface area (Å²) in [5.41, 5.74) is 2.51. The average molecular weight is 395 g/mol. The Morgan fingerprint density at radius 3 is 1.59 bits per heavy atom. The molecule has 1 atom stereocenters. The van der Waals surface area contributed by atoms with E-state index < -0.39 is 18.7 Å². The number of aryl methyl sites for hydroxylation is 2. The second-order valence-electron chi connectivity index (χ2n) is 7.86. The van der Waals surface area contributed by atoms with E-state index in [-0.39, 0.29) is 4.75 Å². The molecule has 0 amide bonds. The van der Waals surface area contributed by atoms with Crippen LogP contribution >= 0.6 is 7.92 Å². The topological polar surface area (TPSA) is 17.1 Å². The molecule has 0 aliphatic heterocycles. The van der Waals surface area contributed by atoms with Crippen molar-refractivity contribution in [3.63, 3.8) is 0 Å². The van der Waals surface area contributed by atoms with Gasteiger partial charge in [-0.15, -0.1) is 0 Å². The maximum Gasteiger partial charge on any atom is 0.0590 e. The molecule has 0 radical (unpaired) electrons. The Morgan fingerprint density at radius 1 is 0.704 bits per heavy atom. The first-order valence-corrected chi connectivity index (χ1v) is 11.7. The average Bonchev–Trinajstić information content (AvgIpc) is 2.64. The van der Waals surface area contributed by atoms with Crippen molar-refractivity contribution in [1.82, 2.24) is 0 Å². The molecule has 3 rings (SSSR count). The third-order valence-electron chi connectivity index (χ3n) is 4.45. The smallest absolute Gasteiger partial charge is 0.0590 e. The second kappa shape index (κ2) is 8.09. The van der Waals surface area contributed by atoms with Gasteiger partial charge in [0.15, 0.2) is 0 Å². The standard InChI is InChI=1S/C24H27OPS/c1-18-10-14-20(15-11-18)26(21-16-12-19(2)13-17-21)22-8-6-7-9-23(22)27(25)24(3,4)5/h6-17H,1-5H3. The van der Waals surface area contributed by atoms with Gasteiger partial charge in [-0.1, -0.05) is 77.9 Å². The molecule has 27 heavy (non-hydrogen) atoms. The van der Waals surface area contributed by atoms with Crippen LogP contribution in [0.25, 0.3) is 0 Å². The Balaban J connectivity index is 2.21. The van der Waals surface area contributed by atoms with Crippen molar-refractivity contribution in [3.8, 4) is 0 Å². The van der Waals surface area contributed by atoms with Crippen molar-refractivity contribution in [3.05, 3.63) is 83.9 Å². The summed E-state index contributed by atoms with van der Waals surface area (Å²) in [6, 6.07) is 25.8. The molecule has 0 spiro atoms. The zero-order chi connectivity index (χ0) is 19.6. The van der Waals surface area contributed by atoms with Gasteiger partial charge in [0.25, 0.3) is 0 Å². The highest BCUT2D eigenvalue weighted by Gasteiger charge is 2.27. The van der Waals surface area contributed by atoms with Crippen molar-refractivity contribution < 1.29 is 4.21 Å². The lowest BCUT2D eigenvalue weighted by molar-refractivity contribution is 0.649. The fourth-order valence-electron chi connectivity index (χ4n) is 2.94. The molecule has 140 valence electrons. The molecule has 0 saturated carbocycles. The summed E-state index contributed by atoms with van der Waals surface area (Å²) in [7, 11) is -1.84. The Kier molecular flexibility index (Phi) is 5.99. The van der Waals surface area contributed by atoms with Gasteiger partial charge in [0, 0.05) is 14.9 Å². The molecule has 3 aromatic carbocycles. The van der Waals surface area contributed by atoms with E-state index in [9.17, 15) is 4.21 Å². The third-order valence-corrected chi connectivity index (χ3v) is 8.97. The predicted molar refractivity (Wildman–Crippen MR) is 121 cm³/mol. The zero-order valence-electron chi connectivity index (χ0n) is 16.7. The summed E-state index contributed by atoms with van der Waals surface area (Å²) in [6.45, 7) is 10.3. The highest BCUT2D eigenvalue weighted by atomic mass is 32.2. The molecule has 0 aliphatic rings. The van der Waals surface area contributed by atoms with E-state index in [0.29, 0.717) is 0 Å². The zero-order valence-corrected chi connectivity index (χ0v) is 18.4. The Bertz CT molecular complexity index is 892. The summed E-state index contributed by atoms with van der Waals surface area (Å²) in [5, 5.41) is 3.77. The lowest BCUT2D eigenvalue weighted by atomic mass is 10.2. The van der Waals surface area contributed by atoms with Gasteiger partial charge in [-0.25, -0.2) is 0 Å². The summed E-state index contributed by atoms with van der Waals surface area (Å²) < 4.78 is 13.0. The highest BCUT2D eigenvalue weighted by Crippen LogP contribution is 2.36. The van der Waals surface area contributed by atoms with E-state index in [0.717, 1.165) is 4.90 Å². The van der Waals surface area contributed by atoms with E-state index in [4.69, 9.17) is 0 Å². The fraction of sp³-hybridized carbons (Fsp3) is 0.250. The van der Waals surface area contributed by atoms with Gasteiger partial charge >= 0.3 is 0 Å². The van der Waals surface area contributed by atoms with Gasteiger partial charge in [0.2, 0.25) is 0 Å². The van der Waals surface area contributed by atoms with Crippen LogP contribution in [0.1, 0.15) is 31.9 Å². The molecular weight excluding hydrogens is 367 g/mol. The van der Waals surface area contributed by atoms with Crippen molar-refractivity contribution in [1.29, 1.82) is 0 Å². The first-order chi connectivity index (χ1) is 12.8. The number of rotatable bonds is 4. The maximum atomic E-state index is 13.3. The molecular formula is C24H27OPS. The minimum absolute atomic E-state index is 0.294. The summed E-state index contributed by atoms with van der Waals surface area (Å²) in [6.07, 6.45) is 0. The number of benzene rings is 3. The van der Waals surface area contributed by atoms with E-state index in [1.54, 1.807) is 0 Å². The van der Waals surface area contributed by atoms with Crippen LogP contribution in [-0.4, -0.2) is 8.96 Å². The second-order valence-corrected chi connectivity index (χ2v) is 12.2. The molecule has 0 N–H and O–H groups in total. The largest absolute Gasteiger partial charge is 0.254 e. The molecule has 0 aliphatic carbocycles. The van der Waals surface area contributed by atoms with Gasteiger partial charge < -0.3 is 0 Å². The molecule has 0 saturated heterocycles. The summed E-state index contributed by atoms with van der Waals surface area (Å²) >= 11 is 0. The molecule has 0 fully saturated rings. The van der Waals surface area contributed by atoms with Crippen LogP contribution in [0.2, 0.25) is 0 Å². The molecule has 0 bridgehead atoms. The normalized spacial score (nSPS) is 13.0. The van der Waals surface area contributed by atoms with Gasteiger partial charge in [-0.2, -0.15) is 0 Å². The monoisotopic (exact) mass is 394 g/mol. The lowest BCUT2D eigenvalue weighted by Gasteiger charge is -2.25. The van der Waals surface area contributed by atoms with Crippen LogP contribution in [0.15, 0.2) is 77.7 Å².